The molecule has 1 saturated carbocycles. The van der Waals surface area contributed by atoms with Crippen molar-refractivity contribution in [3.05, 3.63) is 34.1 Å². The highest BCUT2D eigenvalue weighted by atomic mass is 79.9. The van der Waals surface area contributed by atoms with Gasteiger partial charge in [-0.25, -0.2) is 4.39 Å². The van der Waals surface area contributed by atoms with Crippen LogP contribution in [0.3, 0.4) is 0 Å². The predicted octanol–water partition coefficient (Wildman–Crippen LogP) is 3.03. The Kier molecular flexibility index (Phi) is 4.35. The minimum Gasteiger partial charge on any atom is -0.481 e. The third kappa shape index (κ3) is 3.78. The van der Waals surface area contributed by atoms with Crippen LogP contribution in [-0.4, -0.2) is 28.6 Å². The van der Waals surface area contributed by atoms with E-state index in [1.807, 2.05) is 0 Å². The van der Waals surface area contributed by atoms with E-state index < -0.39 is 5.97 Å². The first-order valence-electron chi connectivity index (χ1n) is 5.96. The maximum Gasteiger partial charge on any atom is 0.304 e. The van der Waals surface area contributed by atoms with Crippen molar-refractivity contribution in [2.45, 2.75) is 31.8 Å². The van der Waals surface area contributed by atoms with Crippen molar-refractivity contribution >= 4 is 21.9 Å². The van der Waals surface area contributed by atoms with Gasteiger partial charge in [0, 0.05) is 29.2 Å². The Balaban J connectivity index is 2.03. The predicted molar refractivity (Wildman–Crippen MR) is 69.8 cm³/mol. The van der Waals surface area contributed by atoms with Crippen LogP contribution in [0.15, 0.2) is 22.7 Å². The third-order valence-corrected chi connectivity index (χ3v) is 3.55. The number of carboxylic acid groups (broad SMARTS) is 1. The quantitative estimate of drug-likeness (QED) is 0.877. The second-order valence-electron chi connectivity index (χ2n) is 4.58. The molecule has 1 aliphatic rings. The van der Waals surface area contributed by atoms with Gasteiger partial charge in [-0.1, -0.05) is 15.9 Å². The van der Waals surface area contributed by atoms with Gasteiger partial charge in [-0.3, -0.25) is 9.69 Å². The number of benzene rings is 1. The van der Waals surface area contributed by atoms with Gasteiger partial charge in [0.05, 0.1) is 6.42 Å². The monoisotopic (exact) mass is 315 g/mol. The van der Waals surface area contributed by atoms with Crippen LogP contribution in [-0.2, 0) is 11.3 Å². The molecular formula is C13H15BrFNO2. The van der Waals surface area contributed by atoms with Crippen molar-refractivity contribution in [1.82, 2.24) is 4.90 Å². The van der Waals surface area contributed by atoms with Crippen molar-refractivity contribution < 1.29 is 14.3 Å². The van der Waals surface area contributed by atoms with E-state index in [0.29, 0.717) is 24.7 Å². The Morgan fingerprint density at radius 1 is 1.50 bits per heavy atom. The highest BCUT2D eigenvalue weighted by Crippen LogP contribution is 2.29. The van der Waals surface area contributed by atoms with Crippen molar-refractivity contribution in [3.63, 3.8) is 0 Å². The van der Waals surface area contributed by atoms with Crippen LogP contribution in [0.1, 0.15) is 24.8 Å². The molecule has 0 heterocycles. The minimum absolute atomic E-state index is 0.103. The van der Waals surface area contributed by atoms with Crippen molar-refractivity contribution in [2.75, 3.05) is 6.54 Å². The number of aliphatic carboxylic acids is 1. The van der Waals surface area contributed by atoms with Gasteiger partial charge in [-0.2, -0.15) is 0 Å². The average molecular weight is 316 g/mol. The summed E-state index contributed by atoms with van der Waals surface area (Å²) >= 11 is 3.32. The fourth-order valence-electron chi connectivity index (χ4n) is 1.95. The van der Waals surface area contributed by atoms with Gasteiger partial charge in [0.1, 0.15) is 5.82 Å². The number of carboxylic acids is 1. The van der Waals surface area contributed by atoms with Crippen LogP contribution >= 0.6 is 15.9 Å². The molecule has 0 aliphatic heterocycles. The second-order valence-corrected chi connectivity index (χ2v) is 5.50. The first kappa shape index (κ1) is 13.5. The molecule has 1 aromatic rings. The molecule has 0 atom stereocenters. The number of carbonyl (C=O) groups is 1. The first-order valence-corrected chi connectivity index (χ1v) is 6.75. The summed E-state index contributed by atoms with van der Waals surface area (Å²) in [5.41, 5.74) is 0.613. The molecular weight excluding hydrogens is 301 g/mol. The van der Waals surface area contributed by atoms with E-state index in [2.05, 4.69) is 20.8 Å². The van der Waals surface area contributed by atoms with Gasteiger partial charge in [0.15, 0.2) is 0 Å². The molecule has 0 spiro atoms. The number of hydrogen-bond donors (Lipinski definition) is 1. The van der Waals surface area contributed by atoms with Gasteiger partial charge in [-0.15, -0.1) is 0 Å². The Bertz CT molecular complexity index is 449. The normalized spacial score (nSPS) is 15.1. The molecule has 3 nitrogen and oxygen atoms in total. The van der Waals surface area contributed by atoms with E-state index in [0.717, 1.165) is 17.3 Å². The van der Waals surface area contributed by atoms with Crippen LogP contribution in [0.4, 0.5) is 4.39 Å². The maximum absolute atomic E-state index is 13.6. The lowest BCUT2D eigenvalue weighted by Crippen LogP contribution is -2.28. The van der Waals surface area contributed by atoms with Crippen molar-refractivity contribution in [2.24, 2.45) is 0 Å². The van der Waals surface area contributed by atoms with Crippen LogP contribution in [0.5, 0.6) is 0 Å². The summed E-state index contributed by atoms with van der Waals surface area (Å²) < 4.78 is 14.5. The van der Waals surface area contributed by atoms with Crippen LogP contribution in [0.25, 0.3) is 0 Å². The highest BCUT2D eigenvalue weighted by molar-refractivity contribution is 9.10. The van der Waals surface area contributed by atoms with Crippen LogP contribution < -0.4 is 0 Å². The van der Waals surface area contributed by atoms with Gasteiger partial charge >= 0.3 is 5.97 Å². The lowest BCUT2D eigenvalue weighted by atomic mass is 10.2. The summed E-state index contributed by atoms with van der Waals surface area (Å²) in [7, 11) is 0. The number of rotatable bonds is 6. The second kappa shape index (κ2) is 5.80. The highest BCUT2D eigenvalue weighted by Gasteiger charge is 2.29. The Labute approximate surface area is 114 Å². The van der Waals surface area contributed by atoms with E-state index >= 15 is 0 Å². The van der Waals surface area contributed by atoms with Gasteiger partial charge in [-0.05, 0) is 31.0 Å². The fraction of sp³-hybridized carbons (Fsp3) is 0.462. The zero-order valence-electron chi connectivity index (χ0n) is 9.90. The smallest absolute Gasteiger partial charge is 0.304 e. The molecule has 0 unspecified atom stereocenters. The maximum atomic E-state index is 13.6. The number of halogens is 2. The summed E-state index contributed by atoms with van der Waals surface area (Å²) in [5, 5.41) is 8.72. The summed E-state index contributed by atoms with van der Waals surface area (Å²) in [4.78, 5) is 12.7. The SMILES string of the molecule is O=C(O)CCN(Cc1cc(Br)ccc1F)C1CC1. The lowest BCUT2D eigenvalue weighted by molar-refractivity contribution is -0.137. The van der Waals surface area contributed by atoms with E-state index in [4.69, 9.17) is 5.11 Å². The van der Waals surface area contributed by atoms with Gasteiger partial charge in [0.2, 0.25) is 0 Å². The number of nitrogens with zero attached hydrogens (tertiary/aromatic N) is 1. The van der Waals surface area contributed by atoms with E-state index in [1.165, 1.54) is 6.07 Å². The summed E-state index contributed by atoms with van der Waals surface area (Å²) in [6.45, 7) is 0.954. The average Bonchev–Trinajstić information content (AvgIpc) is 3.12. The lowest BCUT2D eigenvalue weighted by Gasteiger charge is -2.21. The largest absolute Gasteiger partial charge is 0.481 e. The fourth-order valence-corrected chi connectivity index (χ4v) is 2.36. The molecule has 0 aromatic heterocycles. The summed E-state index contributed by atoms with van der Waals surface area (Å²) in [5.74, 6) is -1.05. The minimum atomic E-state index is -0.810. The van der Waals surface area contributed by atoms with E-state index in [-0.39, 0.29) is 12.2 Å². The Morgan fingerprint density at radius 3 is 2.83 bits per heavy atom. The molecule has 1 aliphatic carbocycles. The zero-order valence-corrected chi connectivity index (χ0v) is 11.5. The molecule has 2 rings (SSSR count). The van der Waals surface area contributed by atoms with E-state index in [1.54, 1.807) is 12.1 Å². The van der Waals surface area contributed by atoms with Gasteiger partial charge < -0.3 is 5.11 Å². The first-order chi connectivity index (χ1) is 8.56. The standard InChI is InChI=1S/C13H15BrFNO2/c14-10-1-4-12(15)9(7-10)8-16(11-2-3-11)6-5-13(17)18/h1,4,7,11H,2-3,5-6,8H2,(H,17,18). The molecule has 0 radical (unpaired) electrons. The number of hydrogen-bond acceptors (Lipinski definition) is 2. The van der Waals surface area contributed by atoms with Crippen molar-refractivity contribution in [1.29, 1.82) is 0 Å². The topological polar surface area (TPSA) is 40.5 Å². The van der Waals surface area contributed by atoms with Crippen molar-refractivity contribution in [3.8, 4) is 0 Å². The molecule has 5 heteroatoms. The third-order valence-electron chi connectivity index (χ3n) is 3.06. The molecule has 0 saturated heterocycles. The Morgan fingerprint density at radius 2 is 2.22 bits per heavy atom. The zero-order chi connectivity index (χ0) is 13.1. The molecule has 18 heavy (non-hydrogen) atoms. The Hall–Kier alpha value is -0.940. The van der Waals surface area contributed by atoms with E-state index in [9.17, 15) is 9.18 Å². The molecule has 1 aromatic carbocycles. The van der Waals surface area contributed by atoms with Crippen LogP contribution in [0, 0.1) is 5.82 Å². The molecule has 1 fully saturated rings. The molecule has 1 N–H and O–H groups in total. The summed E-state index contributed by atoms with van der Waals surface area (Å²) in [6.07, 6.45) is 2.26. The van der Waals surface area contributed by atoms with Crippen LogP contribution in [0.2, 0.25) is 0 Å². The molecule has 0 amide bonds. The van der Waals surface area contributed by atoms with Gasteiger partial charge in [0.25, 0.3) is 0 Å². The molecule has 0 bridgehead atoms. The molecule has 98 valence electrons. The summed E-state index contributed by atoms with van der Waals surface area (Å²) in [6, 6.07) is 5.27.